The molecular weight excluding hydrogens is 562 g/mol. The molecule has 0 aliphatic heterocycles. The largest absolute Gasteiger partial charge is 0.495 e. The SMILES string of the molecule is COc1ccc(-c2cccc(C(=O)N(C)C)c2)cc1S(=O)(=O)Nc1ccc2c(c1)C(N(C)C(=O)c1ccccc1)CCC2. The summed E-state index contributed by atoms with van der Waals surface area (Å²) in [4.78, 5) is 29.0. The van der Waals surface area contributed by atoms with Crippen LogP contribution in [0.2, 0.25) is 0 Å². The Kier molecular flexibility index (Phi) is 8.54. The van der Waals surface area contributed by atoms with Gasteiger partial charge in [0.05, 0.1) is 13.2 Å². The Morgan fingerprint density at radius 1 is 0.814 bits per heavy atom. The molecule has 1 aliphatic rings. The highest BCUT2D eigenvalue weighted by Gasteiger charge is 2.29. The molecular formula is C34H35N3O5S. The summed E-state index contributed by atoms with van der Waals surface area (Å²) in [5.74, 6) is -0.0326. The number of aryl methyl sites for hydroxylation is 1. The van der Waals surface area contributed by atoms with Crippen LogP contribution in [0.4, 0.5) is 5.69 Å². The second-order valence-electron chi connectivity index (χ2n) is 10.9. The molecule has 0 bridgehead atoms. The molecule has 222 valence electrons. The Bertz CT molecular complexity index is 1770. The van der Waals surface area contributed by atoms with E-state index in [-0.39, 0.29) is 28.5 Å². The molecule has 43 heavy (non-hydrogen) atoms. The van der Waals surface area contributed by atoms with Crippen LogP contribution in [0.5, 0.6) is 5.75 Å². The van der Waals surface area contributed by atoms with E-state index < -0.39 is 10.0 Å². The fraction of sp³-hybridized carbons (Fsp3) is 0.235. The highest BCUT2D eigenvalue weighted by Crippen LogP contribution is 2.37. The molecule has 0 saturated carbocycles. The molecule has 5 rings (SSSR count). The molecule has 9 heteroatoms. The predicted octanol–water partition coefficient (Wildman–Crippen LogP) is 6.01. The van der Waals surface area contributed by atoms with Crippen LogP contribution >= 0.6 is 0 Å². The summed E-state index contributed by atoms with van der Waals surface area (Å²) in [5, 5.41) is 0. The fourth-order valence-electron chi connectivity index (χ4n) is 5.53. The molecule has 0 fully saturated rings. The summed E-state index contributed by atoms with van der Waals surface area (Å²) >= 11 is 0. The second-order valence-corrected chi connectivity index (χ2v) is 12.5. The number of sulfonamides is 1. The van der Waals surface area contributed by atoms with E-state index in [1.807, 2.05) is 36.4 Å². The third-order valence-electron chi connectivity index (χ3n) is 7.79. The van der Waals surface area contributed by atoms with Gasteiger partial charge < -0.3 is 14.5 Å². The molecule has 2 amide bonds. The number of ether oxygens (including phenoxy) is 1. The minimum atomic E-state index is -4.08. The van der Waals surface area contributed by atoms with Crippen LogP contribution < -0.4 is 9.46 Å². The number of hydrogen-bond acceptors (Lipinski definition) is 5. The number of carbonyl (C=O) groups is 2. The van der Waals surface area contributed by atoms with Crippen molar-refractivity contribution in [2.24, 2.45) is 0 Å². The average Bonchev–Trinajstić information content (AvgIpc) is 3.03. The van der Waals surface area contributed by atoms with Gasteiger partial charge in [-0.1, -0.05) is 42.5 Å². The van der Waals surface area contributed by atoms with Gasteiger partial charge in [-0.3, -0.25) is 14.3 Å². The van der Waals surface area contributed by atoms with Crippen molar-refractivity contribution >= 4 is 27.5 Å². The van der Waals surface area contributed by atoms with E-state index in [1.54, 1.807) is 80.6 Å². The Balaban J connectivity index is 1.46. The van der Waals surface area contributed by atoms with E-state index in [1.165, 1.54) is 12.0 Å². The lowest BCUT2D eigenvalue weighted by Crippen LogP contribution is -2.33. The number of fused-ring (bicyclic) bond motifs is 1. The van der Waals surface area contributed by atoms with E-state index in [2.05, 4.69) is 4.72 Å². The van der Waals surface area contributed by atoms with E-state index >= 15 is 0 Å². The van der Waals surface area contributed by atoms with Gasteiger partial charge >= 0.3 is 0 Å². The van der Waals surface area contributed by atoms with Crippen molar-refractivity contribution in [3.8, 4) is 16.9 Å². The Morgan fingerprint density at radius 2 is 1.53 bits per heavy atom. The fourth-order valence-corrected chi connectivity index (χ4v) is 6.78. The van der Waals surface area contributed by atoms with Gasteiger partial charge in [-0.15, -0.1) is 0 Å². The summed E-state index contributed by atoms with van der Waals surface area (Å²) in [6, 6.07) is 26.5. The van der Waals surface area contributed by atoms with Crippen molar-refractivity contribution in [2.45, 2.75) is 30.2 Å². The van der Waals surface area contributed by atoms with Crippen molar-refractivity contribution in [3.05, 3.63) is 113 Å². The maximum Gasteiger partial charge on any atom is 0.265 e. The van der Waals surface area contributed by atoms with Gasteiger partial charge in [0.15, 0.2) is 0 Å². The number of anilines is 1. The predicted molar refractivity (Wildman–Crippen MR) is 168 cm³/mol. The normalized spacial score (nSPS) is 14.4. The number of methoxy groups -OCH3 is 1. The first-order chi connectivity index (χ1) is 20.6. The molecule has 0 aromatic heterocycles. The summed E-state index contributed by atoms with van der Waals surface area (Å²) in [5.41, 5.74) is 4.87. The zero-order chi connectivity index (χ0) is 30.7. The van der Waals surface area contributed by atoms with E-state index in [9.17, 15) is 18.0 Å². The van der Waals surface area contributed by atoms with Crippen LogP contribution in [0.25, 0.3) is 11.1 Å². The molecule has 0 radical (unpaired) electrons. The summed E-state index contributed by atoms with van der Waals surface area (Å²) in [6.07, 6.45) is 2.57. The zero-order valence-electron chi connectivity index (χ0n) is 24.7. The summed E-state index contributed by atoms with van der Waals surface area (Å²) in [7, 11) is 2.50. The van der Waals surface area contributed by atoms with Crippen molar-refractivity contribution in [1.82, 2.24) is 9.80 Å². The van der Waals surface area contributed by atoms with Gasteiger partial charge in [0.1, 0.15) is 10.6 Å². The van der Waals surface area contributed by atoms with Gasteiger partial charge in [0.2, 0.25) is 0 Å². The van der Waals surface area contributed by atoms with E-state index in [0.717, 1.165) is 30.4 Å². The van der Waals surface area contributed by atoms with Crippen LogP contribution in [0.15, 0.2) is 95.9 Å². The smallest absolute Gasteiger partial charge is 0.265 e. The van der Waals surface area contributed by atoms with Gasteiger partial charge in [-0.05, 0) is 90.0 Å². The monoisotopic (exact) mass is 597 g/mol. The van der Waals surface area contributed by atoms with Gasteiger partial charge in [0.25, 0.3) is 21.8 Å². The molecule has 8 nitrogen and oxygen atoms in total. The highest BCUT2D eigenvalue weighted by atomic mass is 32.2. The van der Waals surface area contributed by atoms with Gasteiger partial charge in [0, 0.05) is 38.0 Å². The zero-order valence-corrected chi connectivity index (χ0v) is 25.5. The van der Waals surface area contributed by atoms with Crippen molar-refractivity contribution < 1.29 is 22.7 Å². The Hall–Kier alpha value is -4.63. The van der Waals surface area contributed by atoms with Crippen molar-refractivity contribution in [1.29, 1.82) is 0 Å². The lowest BCUT2D eigenvalue weighted by Gasteiger charge is -2.34. The first kappa shape index (κ1) is 29.8. The standard InChI is InChI=1S/C34H35N3O5S/c1-36(2)33(38)27-14-8-13-25(20-27)26-17-19-31(42-4)32(21-26)43(40,41)35-28-18-16-23-12-9-15-30(29(23)22-28)37(3)34(39)24-10-6-5-7-11-24/h5-8,10-11,13-14,16-22,30,35H,9,12,15H2,1-4H3. The molecule has 0 spiro atoms. The first-order valence-electron chi connectivity index (χ1n) is 14.1. The molecule has 1 unspecified atom stereocenters. The number of carbonyl (C=O) groups excluding carboxylic acids is 2. The lowest BCUT2D eigenvalue weighted by atomic mass is 9.86. The average molecular weight is 598 g/mol. The molecule has 4 aromatic rings. The Morgan fingerprint density at radius 3 is 2.26 bits per heavy atom. The van der Waals surface area contributed by atoms with E-state index in [4.69, 9.17) is 4.74 Å². The van der Waals surface area contributed by atoms with Crippen LogP contribution in [0, 0.1) is 0 Å². The molecule has 1 aliphatic carbocycles. The highest BCUT2D eigenvalue weighted by molar-refractivity contribution is 7.92. The maximum absolute atomic E-state index is 13.8. The number of nitrogens with one attached hydrogen (secondary N) is 1. The quantitative estimate of drug-likeness (QED) is 0.268. The van der Waals surface area contributed by atoms with Crippen LogP contribution in [0.1, 0.15) is 50.7 Å². The third kappa shape index (κ3) is 6.27. The summed E-state index contributed by atoms with van der Waals surface area (Å²) in [6.45, 7) is 0. The summed E-state index contributed by atoms with van der Waals surface area (Å²) < 4.78 is 35.7. The minimum Gasteiger partial charge on any atom is -0.495 e. The number of amides is 2. The molecule has 0 saturated heterocycles. The van der Waals surface area contributed by atoms with E-state index in [0.29, 0.717) is 27.9 Å². The topological polar surface area (TPSA) is 96.0 Å². The Labute approximate surface area is 253 Å². The molecule has 1 N–H and O–H groups in total. The maximum atomic E-state index is 13.8. The van der Waals surface area contributed by atoms with Crippen molar-refractivity contribution in [3.63, 3.8) is 0 Å². The van der Waals surface area contributed by atoms with Crippen LogP contribution in [0.3, 0.4) is 0 Å². The molecule has 0 heterocycles. The van der Waals surface area contributed by atoms with Gasteiger partial charge in [-0.25, -0.2) is 8.42 Å². The van der Waals surface area contributed by atoms with Crippen LogP contribution in [-0.4, -0.2) is 58.3 Å². The van der Waals surface area contributed by atoms with Gasteiger partial charge in [-0.2, -0.15) is 0 Å². The number of rotatable bonds is 8. The minimum absolute atomic E-state index is 0.0255. The van der Waals surface area contributed by atoms with Crippen molar-refractivity contribution in [2.75, 3.05) is 33.0 Å². The van der Waals surface area contributed by atoms with Crippen LogP contribution in [-0.2, 0) is 16.4 Å². The number of nitrogens with zero attached hydrogens (tertiary/aromatic N) is 2. The lowest BCUT2D eigenvalue weighted by molar-refractivity contribution is 0.0714. The second kappa shape index (κ2) is 12.3. The first-order valence-corrected chi connectivity index (χ1v) is 15.6. The molecule has 4 aromatic carbocycles. The number of benzene rings is 4. The third-order valence-corrected chi connectivity index (χ3v) is 9.19. The molecule has 1 atom stereocenters. The number of hydrogen-bond donors (Lipinski definition) is 1.